The summed E-state index contributed by atoms with van der Waals surface area (Å²) in [5.74, 6) is 0. The average molecular weight is 156 g/mol. The van der Waals surface area contributed by atoms with E-state index in [1.54, 1.807) is 0 Å². The van der Waals surface area contributed by atoms with Crippen LogP contribution in [0.5, 0.6) is 0 Å². The van der Waals surface area contributed by atoms with Gasteiger partial charge in [0.05, 0.1) is 0 Å². The zero-order valence-electron chi connectivity index (χ0n) is 4.70. The molecule has 0 heterocycles. The molecule has 3 N–H and O–H groups in total. The molecule has 0 rings (SSSR count). The summed E-state index contributed by atoms with van der Waals surface area (Å²) in [6.07, 6.45) is 0. The van der Waals surface area contributed by atoms with Gasteiger partial charge in [0.2, 0.25) is 0 Å². The molecule has 0 amide bonds. The van der Waals surface area contributed by atoms with Crippen LogP contribution < -0.4 is 29.6 Å². The van der Waals surface area contributed by atoms with Crippen LogP contribution in [0.25, 0.3) is 0 Å². The molecule has 7 heteroatoms. The second-order valence-electron chi connectivity index (χ2n) is 0.513. The molecular formula is H6NaO4PS. The normalized spacial score (nSPS) is 8.43. The van der Waals surface area contributed by atoms with E-state index in [4.69, 9.17) is 19.2 Å². The summed E-state index contributed by atoms with van der Waals surface area (Å²) in [5, 5.41) is 0. The number of hydrogen-bond acceptors (Lipinski definition) is 1. The maximum atomic E-state index is 8.88. The smallest absolute Gasteiger partial charge is 1.00 e. The predicted octanol–water partition coefficient (Wildman–Crippen LogP) is -3.70. The van der Waals surface area contributed by atoms with Gasteiger partial charge < -0.3 is 16.1 Å². The molecule has 42 valence electrons. The van der Waals surface area contributed by atoms with Gasteiger partial charge in [0.15, 0.2) is 0 Å². The molecule has 0 bridgehead atoms. The molecule has 4 nitrogen and oxygen atoms in total. The van der Waals surface area contributed by atoms with Crippen molar-refractivity contribution in [1.29, 1.82) is 0 Å². The Morgan fingerprint density at radius 2 is 1.29 bits per heavy atom. The SMILES string of the molecule is O=P(O)(O)O.S.[H-].[Na+]. The minimum atomic E-state index is -4.64. The summed E-state index contributed by atoms with van der Waals surface area (Å²) in [7, 11) is -4.64. The zero-order chi connectivity index (χ0) is 4.50. The summed E-state index contributed by atoms with van der Waals surface area (Å²) < 4.78 is 8.88. The molecule has 0 unspecified atom stereocenters. The molecule has 0 saturated carbocycles. The average Bonchev–Trinajstić information content (AvgIpc) is 0.722. The van der Waals surface area contributed by atoms with Crippen molar-refractivity contribution in [1.82, 2.24) is 0 Å². The second kappa shape index (κ2) is 5.59. The molecule has 0 aliphatic rings. The largest absolute Gasteiger partial charge is 1.00 e. The van der Waals surface area contributed by atoms with E-state index in [-0.39, 0.29) is 44.5 Å². The van der Waals surface area contributed by atoms with E-state index < -0.39 is 7.82 Å². The van der Waals surface area contributed by atoms with Crippen LogP contribution in [0.3, 0.4) is 0 Å². The molecule has 0 aliphatic heterocycles. The van der Waals surface area contributed by atoms with Crippen LogP contribution in [0.2, 0.25) is 0 Å². The van der Waals surface area contributed by atoms with Crippen molar-refractivity contribution >= 4 is 21.3 Å². The molecule has 7 heavy (non-hydrogen) atoms. The van der Waals surface area contributed by atoms with Gasteiger partial charge in [0.1, 0.15) is 0 Å². The van der Waals surface area contributed by atoms with Crippen molar-refractivity contribution in [2.24, 2.45) is 0 Å². The molecule has 0 fully saturated rings. The number of rotatable bonds is 0. The summed E-state index contributed by atoms with van der Waals surface area (Å²) in [4.78, 5) is 21.6. The first-order valence-corrected chi connectivity index (χ1v) is 2.35. The molecule has 0 aromatic carbocycles. The third kappa shape index (κ3) is 104. The van der Waals surface area contributed by atoms with E-state index in [0.29, 0.717) is 0 Å². The first kappa shape index (κ1) is 15.8. The Balaban J connectivity index is -0.0000000267. The van der Waals surface area contributed by atoms with Gasteiger partial charge >= 0.3 is 37.4 Å². The van der Waals surface area contributed by atoms with E-state index >= 15 is 0 Å². The van der Waals surface area contributed by atoms with E-state index in [0.717, 1.165) is 0 Å². The van der Waals surface area contributed by atoms with Gasteiger partial charge in [-0.05, 0) is 0 Å². The fraction of sp³-hybridized carbons (Fsp3) is 0. The molecule has 0 spiro atoms. The van der Waals surface area contributed by atoms with Crippen LogP contribution in [-0.2, 0) is 4.57 Å². The van der Waals surface area contributed by atoms with Gasteiger partial charge in [-0.25, -0.2) is 4.57 Å². The van der Waals surface area contributed by atoms with Crippen molar-refractivity contribution < 1.29 is 50.2 Å². The minimum Gasteiger partial charge on any atom is -1.00 e. The molecule has 0 aromatic heterocycles. The van der Waals surface area contributed by atoms with Crippen molar-refractivity contribution in [3.8, 4) is 0 Å². The van der Waals surface area contributed by atoms with Crippen LogP contribution >= 0.6 is 21.3 Å². The van der Waals surface area contributed by atoms with Crippen LogP contribution in [0.1, 0.15) is 1.43 Å². The summed E-state index contributed by atoms with van der Waals surface area (Å²) in [6, 6.07) is 0. The monoisotopic (exact) mass is 156 g/mol. The summed E-state index contributed by atoms with van der Waals surface area (Å²) in [6.45, 7) is 0. The molecule has 0 atom stereocenters. The van der Waals surface area contributed by atoms with Gasteiger partial charge in [-0.3, -0.25) is 0 Å². The number of phosphoric acid groups is 1. The minimum absolute atomic E-state index is 0. The standard InChI is InChI=1S/Na.H3O4P.H2S.H/c;1-5(2,3)4;;/h;(H3,1,2,3,4);1H2;/q+1;;;-1. The third-order valence-corrected chi connectivity index (χ3v) is 0. The van der Waals surface area contributed by atoms with E-state index in [9.17, 15) is 0 Å². The molecule has 0 aliphatic carbocycles. The van der Waals surface area contributed by atoms with E-state index in [1.807, 2.05) is 0 Å². The first-order valence-electron chi connectivity index (χ1n) is 0.783. The van der Waals surface area contributed by atoms with Gasteiger partial charge in [0.25, 0.3) is 0 Å². The van der Waals surface area contributed by atoms with E-state index in [1.165, 1.54) is 0 Å². The van der Waals surface area contributed by atoms with Crippen molar-refractivity contribution in [2.75, 3.05) is 0 Å². The molecule has 0 radical (unpaired) electrons. The first-order chi connectivity index (χ1) is 2.00. The maximum absolute atomic E-state index is 8.88. The van der Waals surface area contributed by atoms with Crippen LogP contribution in [0, 0.1) is 0 Å². The fourth-order valence-electron chi connectivity index (χ4n) is 0. The number of hydrogen-bond donors (Lipinski definition) is 3. The Morgan fingerprint density at radius 1 is 1.29 bits per heavy atom. The molecular weight excluding hydrogens is 150 g/mol. The van der Waals surface area contributed by atoms with Gasteiger partial charge in [-0.1, -0.05) is 0 Å². The Morgan fingerprint density at radius 3 is 1.29 bits per heavy atom. The quantitative estimate of drug-likeness (QED) is 0.249. The zero-order valence-corrected chi connectivity index (χ0v) is 7.59. The molecule has 0 aromatic rings. The third-order valence-electron chi connectivity index (χ3n) is 0. The van der Waals surface area contributed by atoms with Gasteiger partial charge in [0, 0.05) is 0 Å². The second-order valence-corrected chi connectivity index (χ2v) is 1.54. The maximum Gasteiger partial charge on any atom is 1.00 e. The predicted molar refractivity (Wildman–Crippen MR) is 25.8 cm³/mol. The topological polar surface area (TPSA) is 77.8 Å². The van der Waals surface area contributed by atoms with Crippen LogP contribution in [-0.4, -0.2) is 14.7 Å². The van der Waals surface area contributed by atoms with Crippen LogP contribution in [0.4, 0.5) is 0 Å². The van der Waals surface area contributed by atoms with Gasteiger partial charge in [-0.2, -0.15) is 13.5 Å². The Hall–Kier alpha value is 1.46. The molecule has 0 saturated heterocycles. The summed E-state index contributed by atoms with van der Waals surface area (Å²) >= 11 is 0. The fourth-order valence-corrected chi connectivity index (χ4v) is 0. The van der Waals surface area contributed by atoms with Gasteiger partial charge in [-0.15, -0.1) is 0 Å². The van der Waals surface area contributed by atoms with Crippen molar-refractivity contribution in [2.45, 2.75) is 0 Å². The Labute approximate surface area is 71.4 Å². The van der Waals surface area contributed by atoms with Crippen molar-refractivity contribution in [3.05, 3.63) is 0 Å². The van der Waals surface area contributed by atoms with Crippen molar-refractivity contribution in [3.63, 3.8) is 0 Å². The Kier molecular flexibility index (Phi) is 12.6. The Bertz CT molecular complexity index is 62.2. The van der Waals surface area contributed by atoms with E-state index in [2.05, 4.69) is 0 Å². The van der Waals surface area contributed by atoms with Crippen LogP contribution in [0.15, 0.2) is 0 Å². The summed E-state index contributed by atoms with van der Waals surface area (Å²) in [5.41, 5.74) is 0.